The van der Waals surface area contributed by atoms with Crippen LogP contribution in [0.2, 0.25) is 0 Å². The van der Waals surface area contributed by atoms with Crippen LogP contribution in [0, 0.1) is 13.8 Å². The van der Waals surface area contributed by atoms with Gasteiger partial charge in [-0.15, -0.1) is 0 Å². The van der Waals surface area contributed by atoms with E-state index in [1.54, 1.807) is 0 Å². The number of benzene rings is 2. The normalized spacial score (nSPS) is 14.4. The molecule has 0 heterocycles. The van der Waals surface area contributed by atoms with Gasteiger partial charge in [0.05, 0.1) is 0 Å². The van der Waals surface area contributed by atoms with Gasteiger partial charge in [0.15, 0.2) is 0 Å². The molecule has 3 rings (SSSR count). The molecule has 0 atom stereocenters. The van der Waals surface area contributed by atoms with Crippen molar-refractivity contribution in [1.82, 2.24) is 5.32 Å². The summed E-state index contributed by atoms with van der Waals surface area (Å²) in [7, 11) is 0. The molecule has 0 amide bonds. The van der Waals surface area contributed by atoms with E-state index in [1.165, 1.54) is 39.3 Å². The maximum Gasteiger partial charge on any atom is 0.0219 e. The van der Waals surface area contributed by atoms with Gasteiger partial charge < -0.3 is 5.32 Å². The molecule has 0 aromatic heterocycles. The van der Waals surface area contributed by atoms with E-state index in [-0.39, 0.29) is 0 Å². The van der Waals surface area contributed by atoms with E-state index >= 15 is 0 Å². The monoisotopic (exact) mass is 361 g/mol. The minimum absolute atomic E-state index is 0.743. The van der Waals surface area contributed by atoms with Gasteiger partial charge in [-0.3, -0.25) is 0 Å². The Labute approximate surface area is 139 Å². The quantitative estimate of drug-likeness (QED) is 0.757. The molecule has 2 aromatic rings. The van der Waals surface area contributed by atoms with Gasteiger partial charge in [-0.05, 0) is 56.0 Å². The number of halogens is 1. The van der Waals surface area contributed by atoms with Gasteiger partial charge in [0.2, 0.25) is 0 Å². The molecule has 2 aromatic carbocycles. The average Bonchev–Trinajstić information content (AvgIpc) is 3.25. The van der Waals surface area contributed by atoms with Crippen LogP contribution in [0.1, 0.15) is 29.5 Å². The zero-order chi connectivity index (χ0) is 14.8. The van der Waals surface area contributed by atoms with Gasteiger partial charge in [-0.25, -0.2) is 0 Å². The standard InChI is InChI=1S/C18H20BrNS/c1-12-3-8-17(13(2)9-12)21-18-10-15(19)5-4-14(18)11-20-16-6-7-16/h3-5,8-10,16,20H,6-7,11H2,1-2H3. The predicted molar refractivity (Wildman–Crippen MR) is 94.0 cm³/mol. The Bertz CT molecular complexity index is 650. The molecule has 0 spiro atoms. The fraction of sp³-hybridized carbons (Fsp3) is 0.333. The molecule has 21 heavy (non-hydrogen) atoms. The van der Waals surface area contributed by atoms with E-state index < -0.39 is 0 Å². The molecule has 1 nitrogen and oxygen atoms in total. The molecule has 0 aliphatic heterocycles. The van der Waals surface area contributed by atoms with Gasteiger partial charge >= 0.3 is 0 Å². The third-order valence-electron chi connectivity index (χ3n) is 3.74. The van der Waals surface area contributed by atoms with E-state index in [2.05, 4.69) is 71.5 Å². The lowest BCUT2D eigenvalue weighted by molar-refractivity contribution is 0.680. The summed E-state index contributed by atoms with van der Waals surface area (Å²) in [6.45, 7) is 5.30. The topological polar surface area (TPSA) is 12.0 Å². The van der Waals surface area contributed by atoms with Crippen molar-refractivity contribution in [2.45, 2.75) is 49.1 Å². The maximum atomic E-state index is 3.61. The second-order valence-corrected chi connectivity index (χ2v) is 7.78. The van der Waals surface area contributed by atoms with Crippen molar-refractivity contribution in [3.8, 4) is 0 Å². The molecule has 110 valence electrons. The molecular formula is C18H20BrNS. The molecule has 0 bridgehead atoms. The van der Waals surface area contributed by atoms with Crippen LogP contribution in [-0.2, 0) is 6.54 Å². The van der Waals surface area contributed by atoms with E-state index in [9.17, 15) is 0 Å². The highest BCUT2D eigenvalue weighted by molar-refractivity contribution is 9.10. The number of hydrogen-bond donors (Lipinski definition) is 1. The van der Waals surface area contributed by atoms with Crippen molar-refractivity contribution in [3.63, 3.8) is 0 Å². The van der Waals surface area contributed by atoms with Gasteiger partial charge in [-0.2, -0.15) is 0 Å². The Morgan fingerprint density at radius 3 is 2.62 bits per heavy atom. The molecule has 1 N–H and O–H groups in total. The van der Waals surface area contributed by atoms with Gasteiger partial charge in [0.25, 0.3) is 0 Å². The minimum atomic E-state index is 0.743. The van der Waals surface area contributed by atoms with Crippen molar-refractivity contribution in [2.75, 3.05) is 0 Å². The second kappa shape index (κ2) is 6.55. The zero-order valence-corrected chi connectivity index (χ0v) is 14.9. The van der Waals surface area contributed by atoms with Crippen molar-refractivity contribution in [1.29, 1.82) is 0 Å². The van der Waals surface area contributed by atoms with Crippen molar-refractivity contribution >= 4 is 27.7 Å². The maximum absolute atomic E-state index is 3.61. The molecular weight excluding hydrogens is 342 g/mol. The van der Waals surface area contributed by atoms with Gasteiger partial charge in [0.1, 0.15) is 0 Å². The van der Waals surface area contributed by atoms with Crippen molar-refractivity contribution in [2.24, 2.45) is 0 Å². The highest BCUT2D eigenvalue weighted by atomic mass is 79.9. The van der Waals surface area contributed by atoms with Crippen LogP contribution in [0.3, 0.4) is 0 Å². The summed E-state index contributed by atoms with van der Waals surface area (Å²) in [5, 5.41) is 3.61. The first-order valence-electron chi connectivity index (χ1n) is 7.39. The van der Waals surface area contributed by atoms with Crippen molar-refractivity contribution < 1.29 is 0 Å². The number of hydrogen-bond acceptors (Lipinski definition) is 2. The predicted octanol–water partition coefficient (Wildman–Crippen LogP) is 5.47. The van der Waals surface area contributed by atoms with Gasteiger partial charge in [-0.1, -0.05) is 51.5 Å². The lowest BCUT2D eigenvalue weighted by atomic mass is 10.2. The molecule has 1 aliphatic rings. The van der Waals surface area contributed by atoms with Crippen molar-refractivity contribution in [3.05, 3.63) is 57.6 Å². The highest BCUT2D eigenvalue weighted by Crippen LogP contribution is 2.35. The van der Waals surface area contributed by atoms with E-state index in [1.807, 2.05) is 11.8 Å². The Hall–Kier alpha value is -0.770. The fourth-order valence-corrected chi connectivity index (χ4v) is 3.91. The Kier molecular flexibility index (Phi) is 4.72. The largest absolute Gasteiger partial charge is 0.310 e. The summed E-state index contributed by atoms with van der Waals surface area (Å²) >= 11 is 5.46. The van der Waals surface area contributed by atoms with Crippen LogP contribution in [0.5, 0.6) is 0 Å². The minimum Gasteiger partial charge on any atom is -0.310 e. The zero-order valence-electron chi connectivity index (χ0n) is 12.4. The Morgan fingerprint density at radius 2 is 1.90 bits per heavy atom. The smallest absolute Gasteiger partial charge is 0.0219 e. The highest BCUT2D eigenvalue weighted by Gasteiger charge is 2.20. The lowest BCUT2D eigenvalue weighted by Gasteiger charge is -2.12. The number of nitrogens with one attached hydrogen (secondary N) is 1. The summed E-state index contributed by atoms with van der Waals surface area (Å²) in [6.07, 6.45) is 2.66. The molecule has 0 unspecified atom stereocenters. The van der Waals surface area contributed by atoms with Crippen LogP contribution in [0.4, 0.5) is 0 Å². The number of rotatable bonds is 5. The van der Waals surface area contributed by atoms with Crippen LogP contribution in [0.25, 0.3) is 0 Å². The lowest BCUT2D eigenvalue weighted by Crippen LogP contribution is -2.15. The van der Waals surface area contributed by atoms with Crippen LogP contribution < -0.4 is 5.32 Å². The summed E-state index contributed by atoms with van der Waals surface area (Å²) in [5.41, 5.74) is 4.05. The third kappa shape index (κ3) is 4.12. The molecule has 1 aliphatic carbocycles. The summed E-state index contributed by atoms with van der Waals surface area (Å²) in [6, 6.07) is 14.0. The summed E-state index contributed by atoms with van der Waals surface area (Å²) < 4.78 is 1.14. The molecule has 1 saturated carbocycles. The first-order chi connectivity index (χ1) is 10.1. The fourth-order valence-electron chi connectivity index (χ4n) is 2.34. The van der Waals surface area contributed by atoms with E-state index in [0.717, 1.165) is 17.1 Å². The summed E-state index contributed by atoms with van der Waals surface area (Å²) in [4.78, 5) is 2.68. The molecule has 3 heteroatoms. The third-order valence-corrected chi connectivity index (χ3v) is 5.51. The SMILES string of the molecule is Cc1ccc(Sc2cc(Br)ccc2CNC2CC2)c(C)c1. The van der Waals surface area contributed by atoms with Gasteiger partial charge in [0, 0.05) is 26.9 Å². The van der Waals surface area contributed by atoms with E-state index in [4.69, 9.17) is 0 Å². The van der Waals surface area contributed by atoms with Crippen LogP contribution in [0.15, 0.2) is 50.7 Å². The average molecular weight is 362 g/mol. The first kappa shape index (κ1) is 15.1. The Morgan fingerprint density at radius 1 is 1.10 bits per heavy atom. The number of aryl methyl sites for hydroxylation is 2. The molecule has 0 radical (unpaired) electrons. The molecule has 1 fully saturated rings. The second-order valence-electron chi connectivity index (χ2n) is 5.78. The van der Waals surface area contributed by atoms with Crippen LogP contribution in [-0.4, -0.2) is 6.04 Å². The molecule has 0 saturated heterocycles. The van der Waals surface area contributed by atoms with E-state index in [0.29, 0.717) is 0 Å². The Balaban J connectivity index is 1.83. The first-order valence-corrected chi connectivity index (χ1v) is 9.00. The summed E-state index contributed by atoms with van der Waals surface area (Å²) in [5.74, 6) is 0. The van der Waals surface area contributed by atoms with Crippen LogP contribution >= 0.6 is 27.7 Å².